The summed E-state index contributed by atoms with van der Waals surface area (Å²) >= 11 is 0. The van der Waals surface area contributed by atoms with Gasteiger partial charge in [-0.25, -0.2) is 8.42 Å². The SMILES string of the molecule is Cc1ccc(Cc2nnc(NC(=O)c3cccc(S(C)(=O)=O)c3)o2)cc1C. The maximum absolute atomic E-state index is 12.3. The molecule has 1 heterocycles. The summed E-state index contributed by atoms with van der Waals surface area (Å²) in [4.78, 5) is 12.4. The molecule has 0 spiro atoms. The fraction of sp³-hybridized carbons (Fsp3) is 0.211. The van der Waals surface area contributed by atoms with Crippen LogP contribution in [0.2, 0.25) is 0 Å². The van der Waals surface area contributed by atoms with Crippen LogP contribution in [-0.2, 0) is 16.3 Å². The molecule has 0 unspecified atom stereocenters. The third kappa shape index (κ3) is 4.59. The molecule has 7 nitrogen and oxygen atoms in total. The highest BCUT2D eigenvalue weighted by atomic mass is 32.2. The van der Waals surface area contributed by atoms with Gasteiger partial charge in [-0.1, -0.05) is 29.4 Å². The Morgan fingerprint density at radius 2 is 1.85 bits per heavy atom. The van der Waals surface area contributed by atoms with E-state index in [-0.39, 0.29) is 16.5 Å². The van der Waals surface area contributed by atoms with Crippen molar-refractivity contribution in [3.63, 3.8) is 0 Å². The van der Waals surface area contributed by atoms with Gasteiger partial charge in [0, 0.05) is 11.8 Å². The number of carbonyl (C=O) groups excluding carboxylic acids is 1. The van der Waals surface area contributed by atoms with Crippen LogP contribution in [0.25, 0.3) is 0 Å². The summed E-state index contributed by atoms with van der Waals surface area (Å²) in [5.41, 5.74) is 3.59. The Labute approximate surface area is 157 Å². The second-order valence-electron chi connectivity index (χ2n) is 6.35. The van der Waals surface area contributed by atoms with Gasteiger partial charge in [0.15, 0.2) is 9.84 Å². The zero-order valence-corrected chi connectivity index (χ0v) is 16.0. The Kier molecular flexibility index (Phi) is 5.09. The van der Waals surface area contributed by atoms with Crippen molar-refractivity contribution in [2.45, 2.75) is 25.2 Å². The molecule has 1 aromatic heterocycles. The fourth-order valence-electron chi connectivity index (χ4n) is 2.50. The second-order valence-corrected chi connectivity index (χ2v) is 8.37. The molecule has 3 aromatic rings. The molecule has 2 aromatic carbocycles. The Hall–Kier alpha value is -3.00. The molecule has 1 amide bonds. The monoisotopic (exact) mass is 385 g/mol. The highest BCUT2D eigenvalue weighted by molar-refractivity contribution is 7.90. The van der Waals surface area contributed by atoms with Crippen LogP contribution in [0.15, 0.2) is 51.8 Å². The Morgan fingerprint density at radius 1 is 1.07 bits per heavy atom. The molecule has 0 aliphatic heterocycles. The van der Waals surface area contributed by atoms with Crippen LogP contribution in [0, 0.1) is 13.8 Å². The van der Waals surface area contributed by atoms with E-state index in [9.17, 15) is 13.2 Å². The standard InChI is InChI=1S/C19H19N3O4S/c1-12-7-8-14(9-13(12)2)10-17-21-22-19(26-17)20-18(23)15-5-4-6-16(11-15)27(3,24)25/h4-9,11H,10H2,1-3H3,(H,20,22,23). The molecule has 0 aliphatic rings. The molecule has 0 radical (unpaired) electrons. The molecular weight excluding hydrogens is 366 g/mol. The largest absolute Gasteiger partial charge is 0.407 e. The molecule has 1 N–H and O–H groups in total. The van der Waals surface area contributed by atoms with Gasteiger partial charge < -0.3 is 4.42 Å². The molecule has 8 heteroatoms. The van der Waals surface area contributed by atoms with E-state index in [4.69, 9.17) is 4.42 Å². The molecule has 0 aliphatic carbocycles. The highest BCUT2D eigenvalue weighted by Gasteiger charge is 2.15. The van der Waals surface area contributed by atoms with E-state index in [0.29, 0.717) is 12.3 Å². The van der Waals surface area contributed by atoms with E-state index < -0.39 is 15.7 Å². The number of hydrogen-bond donors (Lipinski definition) is 1. The third-order valence-corrected chi connectivity index (χ3v) is 5.25. The van der Waals surface area contributed by atoms with E-state index in [2.05, 4.69) is 21.6 Å². The van der Waals surface area contributed by atoms with Crippen LogP contribution in [0.5, 0.6) is 0 Å². The molecule has 0 fully saturated rings. The van der Waals surface area contributed by atoms with E-state index in [1.54, 1.807) is 0 Å². The topological polar surface area (TPSA) is 102 Å². The van der Waals surface area contributed by atoms with Gasteiger partial charge in [-0.05, 0) is 48.7 Å². The van der Waals surface area contributed by atoms with Gasteiger partial charge in [0.1, 0.15) is 0 Å². The molecule has 3 rings (SSSR count). The predicted octanol–water partition coefficient (Wildman–Crippen LogP) is 2.93. The number of aryl methyl sites for hydroxylation is 2. The van der Waals surface area contributed by atoms with Crippen LogP contribution < -0.4 is 5.32 Å². The van der Waals surface area contributed by atoms with E-state index in [1.807, 2.05) is 26.0 Å². The molecular formula is C19H19N3O4S. The minimum atomic E-state index is -3.40. The first-order valence-electron chi connectivity index (χ1n) is 8.22. The quantitative estimate of drug-likeness (QED) is 0.724. The van der Waals surface area contributed by atoms with Crippen LogP contribution in [0.1, 0.15) is 32.9 Å². The Bertz CT molecular complexity index is 1100. The van der Waals surface area contributed by atoms with Crippen molar-refractivity contribution in [1.29, 1.82) is 0 Å². The minimum absolute atomic E-state index is 0.0383. The van der Waals surface area contributed by atoms with Crippen molar-refractivity contribution in [2.75, 3.05) is 11.6 Å². The smallest absolute Gasteiger partial charge is 0.322 e. The number of carbonyl (C=O) groups is 1. The van der Waals surface area contributed by atoms with E-state index in [0.717, 1.165) is 11.8 Å². The maximum Gasteiger partial charge on any atom is 0.322 e. The highest BCUT2D eigenvalue weighted by Crippen LogP contribution is 2.16. The summed E-state index contributed by atoms with van der Waals surface area (Å²) in [6, 6.07) is 11.8. The lowest BCUT2D eigenvalue weighted by atomic mass is 10.0. The zero-order chi connectivity index (χ0) is 19.6. The van der Waals surface area contributed by atoms with Gasteiger partial charge in [-0.15, -0.1) is 5.10 Å². The molecule has 140 valence electrons. The van der Waals surface area contributed by atoms with Crippen molar-refractivity contribution in [3.8, 4) is 0 Å². The molecule has 0 saturated carbocycles. The van der Waals surface area contributed by atoms with Gasteiger partial charge in [0.25, 0.3) is 5.91 Å². The summed E-state index contributed by atoms with van der Waals surface area (Å²) in [5.74, 6) is -0.152. The van der Waals surface area contributed by atoms with Crippen LogP contribution in [0.3, 0.4) is 0 Å². The van der Waals surface area contributed by atoms with Gasteiger partial charge in [-0.3, -0.25) is 10.1 Å². The minimum Gasteiger partial charge on any atom is -0.407 e. The lowest BCUT2D eigenvalue weighted by molar-refractivity contribution is 0.102. The number of hydrogen-bond acceptors (Lipinski definition) is 6. The summed E-state index contributed by atoms with van der Waals surface area (Å²) in [5, 5.41) is 10.3. The summed E-state index contributed by atoms with van der Waals surface area (Å²) in [6.07, 6.45) is 1.54. The molecule has 27 heavy (non-hydrogen) atoms. The first-order valence-corrected chi connectivity index (χ1v) is 10.1. The summed E-state index contributed by atoms with van der Waals surface area (Å²) in [6.45, 7) is 4.07. The number of nitrogens with zero attached hydrogens (tertiary/aromatic N) is 2. The van der Waals surface area contributed by atoms with Crippen molar-refractivity contribution in [2.24, 2.45) is 0 Å². The number of anilines is 1. The number of benzene rings is 2. The second kappa shape index (κ2) is 7.32. The predicted molar refractivity (Wildman–Crippen MR) is 101 cm³/mol. The average Bonchev–Trinajstić information content (AvgIpc) is 3.04. The lowest BCUT2D eigenvalue weighted by Crippen LogP contribution is -2.13. The fourth-order valence-corrected chi connectivity index (χ4v) is 3.17. The number of amides is 1. The average molecular weight is 385 g/mol. The van der Waals surface area contributed by atoms with Crippen molar-refractivity contribution in [3.05, 3.63) is 70.6 Å². The molecule has 0 saturated heterocycles. The number of rotatable bonds is 5. The van der Waals surface area contributed by atoms with Crippen LogP contribution in [0.4, 0.5) is 6.01 Å². The zero-order valence-electron chi connectivity index (χ0n) is 15.2. The summed E-state index contributed by atoms with van der Waals surface area (Å²) < 4.78 is 28.7. The first kappa shape index (κ1) is 18.8. The number of nitrogens with one attached hydrogen (secondary N) is 1. The van der Waals surface area contributed by atoms with Crippen molar-refractivity contribution in [1.82, 2.24) is 10.2 Å². The molecule has 0 atom stereocenters. The lowest BCUT2D eigenvalue weighted by Gasteiger charge is -2.03. The van der Waals surface area contributed by atoms with Crippen molar-refractivity contribution < 1.29 is 17.6 Å². The van der Waals surface area contributed by atoms with E-state index in [1.165, 1.54) is 35.4 Å². The Balaban J connectivity index is 1.72. The van der Waals surface area contributed by atoms with Gasteiger partial charge in [-0.2, -0.15) is 0 Å². The van der Waals surface area contributed by atoms with E-state index >= 15 is 0 Å². The number of aromatic nitrogens is 2. The van der Waals surface area contributed by atoms with Gasteiger partial charge in [0.2, 0.25) is 5.89 Å². The Morgan fingerprint density at radius 3 is 2.56 bits per heavy atom. The summed E-state index contributed by atoms with van der Waals surface area (Å²) in [7, 11) is -3.40. The van der Waals surface area contributed by atoms with Crippen molar-refractivity contribution >= 4 is 21.8 Å². The van der Waals surface area contributed by atoms with Gasteiger partial charge >= 0.3 is 6.01 Å². The normalized spacial score (nSPS) is 11.4. The first-order chi connectivity index (χ1) is 12.7. The van der Waals surface area contributed by atoms with Crippen LogP contribution in [-0.4, -0.2) is 30.8 Å². The third-order valence-electron chi connectivity index (χ3n) is 4.14. The van der Waals surface area contributed by atoms with Crippen LogP contribution >= 0.6 is 0 Å². The molecule has 0 bridgehead atoms. The van der Waals surface area contributed by atoms with Gasteiger partial charge in [0.05, 0.1) is 11.3 Å². The number of sulfone groups is 1. The maximum atomic E-state index is 12.3.